The molecule has 1 aliphatic rings. The molecule has 0 heterocycles. The highest BCUT2D eigenvalue weighted by molar-refractivity contribution is 7.90. The van der Waals surface area contributed by atoms with E-state index in [0.717, 1.165) is 32.0 Å². The number of rotatable bonds is 3. The highest BCUT2D eigenvalue weighted by Gasteiger charge is 2.22. The molecule has 0 spiro atoms. The second kappa shape index (κ2) is 5.22. The molecular weight excluding hydrogens is 248 g/mol. The van der Waals surface area contributed by atoms with E-state index in [4.69, 9.17) is 0 Å². The lowest BCUT2D eigenvalue weighted by molar-refractivity contribution is -0.111. The second-order valence-electron chi connectivity index (χ2n) is 5.09. The summed E-state index contributed by atoms with van der Waals surface area (Å²) in [5, 5.41) is 0. The van der Waals surface area contributed by atoms with E-state index in [-0.39, 0.29) is 5.92 Å². The highest BCUT2D eigenvalue weighted by atomic mass is 32.2. The third kappa shape index (κ3) is 2.99. The van der Waals surface area contributed by atoms with Crippen molar-refractivity contribution in [1.82, 2.24) is 0 Å². The Balaban J connectivity index is 2.09. The van der Waals surface area contributed by atoms with Gasteiger partial charge in [0.2, 0.25) is 0 Å². The minimum Gasteiger partial charge on any atom is -0.303 e. The van der Waals surface area contributed by atoms with Crippen LogP contribution < -0.4 is 0 Å². The van der Waals surface area contributed by atoms with Gasteiger partial charge in [0.15, 0.2) is 9.84 Å². The lowest BCUT2D eigenvalue weighted by atomic mass is 9.79. The smallest absolute Gasteiger partial charge is 0.175 e. The molecule has 2 rings (SSSR count). The maximum Gasteiger partial charge on any atom is 0.175 e. The van der Waals surface area contributed by atoms with Gasteiger partial charge in [-0.05, 0) is 49.3 Å². The Kier molecular flexibility index (Phi) is 3.85. The molecule has 0 N–H and O–H groups in total. The molecule has 1 saturated carbocycles. The van der Waals surface area contributed by atoms with Crippen LogP contribution in [0.25, 0.3) is 0 Å². The van der Waals surface area contributed by atoms with Crippen LogP contribution in [0, 0.1) is 5.92 Å². The molecule has 1 aliphatic carbocycles. The van der Waals surface area contributed by atoms with Gasteiger partial charge in [-0.2, -0.15) is 0 Å². The minimum absolute atomic E-state index is 0.219. The first-order valence-corrected chi connectivity index (χ1v) is 8.15. The Hall–Kier alpha value is -1.16. The van der Waals surface area contributed by atoms with Crippen molar-refractivity contribution in [3.8, 4) is 0 Å². The van der Waals surface area contributed by atoms with Gasteiger partial charge in [-0.25, -0.2) is 8.42 Å². The van der Waals surface area contributed by atoms with E-state index in [9.17, 15) is 13.2 Å². The zero-order chi connectivity index (χ0) is 13.2. The van der Waals surface area contributed by atoms with Crippen LogP contribution in [0.5, 0.6) is 0 Å². The number of hydrogen-bond donors (Lipinski definition) is 0. The fraction of sp³-hybridized carbons (Fsp3) is 0.500. The van der Waals surface area contributed by atoms with Crippen LogP contribution in [0.3, 0.4) is 0 Å². The van der Waals surface area contributed by atoms with Crippen LogP contribution >= 0.6 is 0 Å². The van der Waals surface area contributed by atoms with Gasteiger partial charge in [0.1, 0.15) is 6.29 Å². The summed E-state index contributed by atoms with van der Waals surface area (Å²) in [6.45, 7) is 0. The fourth-order valence-corrected chi connectivity index (χ4v) is 3.21. The van der Waals surface area contributed by atoms with Crippen LogP contribution in [-0.4, -0.2) is 21.0 Å². The first-order valence-electron chi connectivity index (χ1n) is 6.26. The number of sulfone groups is 1. The summed E-state index contributed by atoms with van der Waals surface area (Å²) in [7, 11) is -3.11. The summed E-state index contributed by atoms with van der Waals surface area (Å²) in [5.74, 6) is 0.686. The SMILES string of the molecule is CS(=O)(=O)c1ccc(C2CCC(C=O)CC2)cc1. The summed E-state index contributed by atoms with van der Waals surface area (Å²) < 4.78 is 22.7. The molecule has 0 atom stereocenters. The number of aldehydes is 1. The topological polar surface area (TPSA) is 51.2 Å². The summed E-state index contributed by atoms with van der Waals surface area (Å²) in [6.07, 6.45) is 6.20. The lowest BCUT2D eigenvalue weighted by Crippen LogP contribution is -2.14. The average molecular weight is 266 g/mol. The van der Waals surface area contributed by atoms with Gasteiger partial charge in [0.05, 0.1) is 4.90 Å². The van der Waals surface area contributed by atoms with Gasteiger partial charge in [0, 0.05) is 12.2 Å². The van der Waals surface area contributed by atoms with Gasteiger partial charge in [-0.3, -0.25) is 0 Å². The molecule has 0 aliphatic heterocycles. The number of carbonyl (C=O) groups is 1. The van der Waals surface area contributed by atoms with Crippen LogP contribution in [0.4, 0.5) is 0 Å². The molecule has 0 amide bonds. The van der Waals surface area contributed by atoms with Gasteiger partial charge >= 0.3 is 0 Å². The van der Waals surface area contributed by atoms with E-state index in [2.05, 4.69) is 0 Å². The first kappa shape index (κ1) is 13.3. The molecule has 3 nitrogen and oxygen atoms in total. The van der Waals surface area contributed by atoms with Gasteiger partial charge in [-0.1, -0.05) is 12.1 Å². The highest BCUT2D eigenvalue weighted by Crippen LogP contribution is 2.35. The quantitative estimate of drug-likeness (QED) is 0.790. The van der Waals surface area contributed by atoms with Gasteiger partial charge in [-0.15, -0.1) is 0 Å². The van der Waals surface area contributed by atoms with Crippen molar-refractivity contribution in [1.29, 1.82) is 0 Å². The van der Waals surface area contributed by atoms with Crippen molar-refractivity contribution in [2.75, 3.05) is 6.26 Å². The molecule has 1 fully saturated rings. The average Bonchev–Trinajstić information content (AvgIpc) is 2.38. The zero-order valence-corrected chi connectivity index (χ0v) is 11.3. The molecule has 0 radical (unpaired) electrons. The van der Waals surface area contributed by atoms with Crippen molar-refractivity contribution >= 4 is 16.1 Å². The Morgan fingerprint density at radius 3 is 2.06 bits per heavy atom. The van der Waals surface area contributed by atoms with E-state index in [0.29, 0.717) is 10.8 Å². The van der Waals surface area contributed by atoms with E-state index < -0.39 is 9.84 Å². The van der Waals surface area contributed by atoms with E-state index in [1.54, 1.807) is 12.1 Å². The first-order chi connectivity index (χ1) is 8.50. The number of benzene rings is 1. The van der Waals surface area contributed by atoms with Crippen molar-refractivity contribution < 1.29 is 13.2 Å². The minimum atomic E-state index is -3.11. The Morgan fingerprint density at radius 2 is 1.61 bits per heavy atom. The summed E-state index contributed by atoms with van der Waals surface area (Å²) in [6, 6.07) is 7.16. The molecule has 1 aromatic rings. The summed E-state index contributed by atoms with van der Waals surface area (Å²) in [5.41, 5.74) is 1.19. The van der Waals surface area contributed by atoms with Crippen molar-refractivity contribution in [2.45, 2.75) is 36.5 Å². The van der Waals surface area contributed by atoms with E-state index in [1.807, 2.05) is 12.1 Å². The Morgan fingerprint density at radius 1 is 1.06 bits per heavy atom. The van der Waals surface area contributed by atoms with Crippen LogP contribution in [0.1, 0.15) is 37.2 Å². The largest absolute Gasteiger partial charge is 0.303 e. The predicted molar refractivity (Wildman–Crippen MR) is 70.3 cm³/mol. The third-order valence-electron chi connectivity index (χ3n) is 3.74. The number of hydrogen-bond acceptors (Lipinski definition) is 3. The van der Waals surface area contributed by atoms with Crippen molar-refractivity contribution in [2.24, 2.45) is 5.92 Å². The molecule has 0 aromatic heterocycles. The van der Waals surface area contributed by atoms with Crippen LogP contribution in [-0.2, 0) is 14.6 Å². The van der Waals surface area contributed by atoms with Crippen molar-refractivity contribution in [3.05, 3.63) is 29.8 Å². The second-order valence-corrected chi connectivity index (χ2v) is 7.10. The zero-order valence-electron chi connectivity index (χ0n) is 10.5. The standard InChI is InChI=1S/C14H18O3S/c1-18(16,17)14-8-6-13(7-9-14)12-4-2-11(10-15)3-5-12/h6-12H,2-5H2,1H3. The van der Waals surface area contributed by atoms with E-state index >= 15 is 0 Å². The third-order valence-corrected chi connectivity index (χ3v) is 4.87. The molecule has 98 valence electrons. The van der Waals surface area contributed by atoms with Crippen LogP contribution in [0.15, 0.2) is 29.2 Å². The maximum absolute atomic E-state index is 11.4. The molecule has 18 heavy (non-hydrogen) atoms. The maximum atomic E-state index is 11.4. The molecular formula is C14H18O3S. The monoisotopic (exact) mass is 266 g/mol. The molecule has 0 bridgehead atoms. The van der Waals surface area contributed by atoms with E-state index in [1.165, 1.54) is 11.8 Å². The molecule has 0 unspecified atom stereocenters. The van der Waals surface area contributed by atoms with Crippen molar-refractivity contribution in [3.63, 3.8) is 0 Å². The predicted octanol–water partition coefficient (Wildman–Crippen LogP) is 2.56. The summed E-state index contributed by atoms with van der Waals surface area (Å²) in [4.78, 5) is 11.1. The van der Waals surface area contributed by atoms with Crippen LogP contribution in [0.2, 0.25) is 0 Å². The normalized spacial score (nSPS) is 24.7. The molecule has 1 aromatic carbocycles. The number of carbonyl (C=O) groups excluding carboxylic acids is 1. The molecule has 0 saturated heterocycles. The Bertz CT molecular complexity index is 508. The van der Waals surface area contributed by atoms with Gasteiger partial charge < -0.3 is 4.79 Å². The fourth-order valence-electron chi connectivity index (χ4n) is 2.58. The van der Waals surface area contributed by atoms with Gasteiger partial charge in [0.25, 0.3) is 0 Å². The lowest BCUT2D eigenvalue weighted by Gasteiger charge is -2.25. The summed E-state index contributed by atoms with van der Waals surface area (Å²) >= 11 is 0. The molecule has 4 heteroatoms. The Labute approximate surface area is 108 Å².